The number of nitrogens with zero attached hydrogens (tertiary/aromatic N) is 1. The number of nitrogens with one attached hydrogen (secondary N) is 2. The quantitative estimate of drug-likeness (QED) is 0.337. The lowest BCUT2D eigenvalue weighted by atomic mass is 10.2. The average molecular weight is 560 g/mol. The second kappa shape index (κ2) is 17.1. The first kappa shape index (κ1) is 31.7. The molecule has 214 valence electrons. The van der Waals surface area contributed by atoms with Crippen molar-refractivity contribution in [2.45, 2.75) is 32.7 Å². The molecule has 0 aliphatic carbocycles. The van der Waals surface area contributed by atoms with Gasteiger partial charge in [0.05, 0.1) is 39.1 Å². The van der Waals surface area contributed by atoms with Crippen LogP contribution in [0.2, 0.25) is 0 Å². The Morgan fingerprint density at radius 3 is 2.39 bits per heavy atom. The third-order valence-corrected chi connectivity index (χ3v) is 7.44. The van der Waals surface area contributed by atoms with Gasteiger partial charge in [0, 0.05) is 26.2 Å². The summed E-state index contributed by atoms with van der Waals surface area (Å²) < 4.78 is 37.9. The number of aliphatic carboxylic acids is 1. The van der Waals surface area contributed by atoms with Gasteiger partial charge in [0.2, 0.25) is 5.91 Å². The first-order valence-corrected chi connectivity index (χ1v) is 14.3. The number of rotatable bonds is 11. The first-order valence-electron chi connectivity index (χ1n) is 12.6. The fourth-order valence-corrected chi connectivity index (χ4v) is 5.00. The van der Waals surface area contributed by atoms with E-state index in [0.717, 1.165) is 12.1 Å². The predicted molar refractivity (Wildman–Crippen MR) is 137 cm³/mol. The third kappa shape index (κ3) is 11.5. The minimum absolute atomic E-state index is 0.0168. The van der Waals surface area contributed by atoms with Crippen LogP contribution in [0.3, 0.4) is 0 Å². The van der Waals surface area contributed by atoms with Crippen molar-refractivity contribution in [3.8, 4) is 0 Å². The second-order valence-electron chi connectivity index (χ2n) is 8.21. The summed E-state index contributed by atoms with van der Waals surface area (Å²) in [5, 5.41) is 14.6. The molecule has 2 heterocycles. The molecular weight excluding hydrogens is 521 g/mol. The van der Waals surface area contributed by atoms with Crippen molar-refractivity contribution < 1.29 is 47.3 Å². The van der Waals surface area contributed by atoms with Gasteiger partial charge in [0.15, 0.2) is 6.10 Å². The van der Waals surface area contributed by atoms with E-state index >= 15 is 0 Å². The van der Waals surface area contributed by atoms with Crippen LogP contribution in [-0.2, 0) is 44.0 Å². The van der Waals surface area contributed by atoms with Gasteiger partial charge in [0.25, 0.3) is 0 Å². The number of carboxylic acid groups (broad SMARTS) is 1. The van der Waals surface area contributed by atoms with Crippen LogP contribution in [0.15, 0.2) is 30.3 Å². The van der Waals surface area contributed by atoms with Crippen molar-refractivity contribution in [2.24, 2.45) is 0 Å². The van der Waals surface area contributed by atoms with E-state index in [9.17, 15) is 18.9 Å². The number of morpholine rings is 2. The lowest BCUT2D eigenvalue weighted by molar-refractivity contribution is -0.155. The largest absolute Gasteiger partial charge is 0.479 e. The average Bonchev–Trinajstić information content (AvgIpc) is 2.93. The van der Waals surface area contributed by atoms with E-state index in [1.807, 2.05) is 30.3 Å². The molecule has 2 amide bonds. The Hall–Kier alpha value is -2.54. The van der Waals surface area contributed by atoms with Gasteiger partial charge in [0.1, 0.15) is 12.7 Å². The molecule has 2 saturated heterocycles. The number of ether oxygens (including phenoxy) is 3. The molecule has 0 radical (unpaired) electrons. The molecular formula is C24H38N3O10P. The molecule has 13 nitrogen and oxygen atoms in total. The van der Waals surface area contributed by atoms with Crippen LogP contribution in [0.25, 0.3) is 0 Å². The van der Waals surface area contributed by atoms with E-state index in [4.69, 9.17) is 28.4 Å². The van der Waals surface area contributed by atoms with Gasteiger partial charge < -0.3 is 43.9 Å². The number of carboxylic acids is 1. The van der Waals surface area contributed by atoms with E-state index in [2.05, 4.69) is 10.6 Å². The molecule has 0 saturated carbocycles. The van der Waals surface area contributed by atoms with E-state index in [-0.39, 0.29) is 38.4 Å². The summed E-state index contributed by atoms with van der Waals surface area (Å²) in [7, 11) is -3.09. The lowest BCUT2D eigenvalue weighted by Crippen LogP contribution is -2.48. The molecule has 0 aromatic heterocycles. The van der Waals surface area contributed by atoms with Gasteiger partial charge in [-0.05, 0) is 19.4 Å². The van der Waals surface area contributed by atoms with Gasteiger partial charge in [-0.2, -0.15) is 0 Å². The van der Waals surface area contributed by atoms with Gasteiger partial charge in [-0.3, -0.25) is 9.36 Å². The summed E-state index contributed by atoms with van der Waals surface area (Å²) in [5.74, 6) is -1.27. The van der Waals surface area contributed by atoms with Crippen molar-refractivity contribution in [3.05, 3.63) is 35.9 Å². The number of hydrogen-bond acceptors (Lipinski definition) is 10. The van der Waals surface area contributed by atoms with Gasteiger partial charge >= 0.3 is 19.7 Å². The van der Waals surface area contributed by atoms with E-state index in [0.29, 0.717) is 32.9 Å². The van der Waals surface area contributed by atoms with Crippen molar-refractivity contribution in [1.29, 1.82) is 0 Å². The van der Waals surface area contributed by atoms with Crippen LogP contribution in [0.5, 0.6) is 0 Å². The van der Waals surface area contributed by atoms with Crippen molar-refractivity contribution in [3.63, 3.8) is 0 Å². The fraction of sp³-hybridized carbons (Fsp3) is 0.625. The summed E-state index contributed by atoms with van der Waals surface area (Å²) in [6.45, 7) is 6.92. The number of hydrogen-bond donors (Lipinski definition) is 3. The zero-order chi connectivity index (χ0) is 27.8. The molecule has 14 heteroatoms. The summed E-state index contributed by atoms with van der Waals surface area (Å²) in [6.07, 6.45) is -1.80. The number of carbonyl (C=O) groups is 3. The standard InChI is InChI=1S/C13H15NO5.C11H23N2O5P/c15-12(16)11-8-14(6-7-18-11)13(17)19-9-10-4-2-1-3-5-10;1-3-17-19(15,18-4-2)8-6-13-11(14)10-9-12-5-7-16-10/h1-5,11H,6-9H2,(H,15,16);10,12H,3-9H2,1-2H3,(H,13,14). The molecule has 2 unspecified atom stereocenters. The van der Waals surface area contributed by atoms with Crippen molar-refractivity contribution >= 4 is 25.6 Å². The molecule has 0 spiro atoms. The predicted octanol–water partition coefficient (Wildman–Crippen LogP) is 1.47. The smallest absolute Gasteiger partial charge is 0.410 e. The molecule has 2 fully saturated rings. The third-order valence-electron chi connectivity index (χ3n) is 5.36. The molecule has 3 rings (SSSR count). The number of benzene rings is 1. The second-order valence-corrected chi connectivity index (χ2v) is 10.4. The zero-order valence-electron chi connectivity index (χ0n) is 21.8. The molecule has 2 aliphatic heterocycles. The number of amides is 2. The van der Waals surface area contributed by atoms with Gasteiger partial charge in [-0.1, -0.05) is 30.3 Å². The molecule has 0 bridgehead atoms. The molecule has 3 N–H and O–H groups in total. The molecule has 2 aliphatic rings. The summed E-state index contributed by atoms with van der Waals surface area (Å²) in [4.78, 5) is 35.7. The highest BCUT2D eigenvalue weighted by Gasteiger charge is 2.30. The SMILES string of the molecule is CCOP(=O)(CCNC(=O)C1CNCCO1)OCC.O=C(O)C1CN(C(=O)OCc2ccccc2)CCO1. The maximum atomic E-state index is 12.1. The van der Waals surface area contributed by atoms with Crippen LogP contribution in [0, 0.1) is 0 Å². The molecule has 38 heavy (non-hydrogen) atoms. The highest BCUT2D eigenvalue weighted by Crippen LogP contribution is 2.47. The minimum atomic E-state index is -3.09. The maximum absolute atomic E-state index is 12.1. The Kier molecular flexibility index (Phi) is 14.3. The zero-order valence-corrected chi connectivity index (χ0v) is 22.7. The van der Waals surface area contributed by atoms with Crippen LogP contribution >= 0.6 is 7.60 Å². The van der Waals surface area contributed by atoms with E-state index in [1.165, 1.54) is 4.90 Å². The van der Waals surface area contributed by atoms with E-state index < -0.39 is 31.9 Å². The van der Waals surface area contributed by atoms with Gasteiger partial charge in [-0.25, -0.2) is 9.59 Å². The molecule has 1 aromatic carbocycles. The van der Waals surface area contributed by atoms with E-state index in [1.54, 1.807) is 13.8 Å². The molecule has 1 aromatic rings. The Morgan fingerprint density at radius 1 is 1.11 bits per heavy atom. The summed E-state index contributed by atoms with van der Waals surface area (Å²) in [5.41, 5.74) is 0.888. The minimum Gasteiger partial charge on any atom is -0.479 e. The highest BCUT2D eigenvalue weighted by molar-refractivity contribution is 7.53. The van der Waals surface area contributed by atoms with Crippen LogP contribution in [0.1, 0.15) is 19.4 Å². The summed E-state index contributed by atoms with van der Waals surface area (Å²) in [6, 6.07) is 9.31. The first-order chi connectivity index (χ1) is 18.3. The van der Waals surface area contributed by atoms with Crippen LogP contribution < -0.4 is 10.6 Å². The Bertz CT molecular complexity index is 904. The van der Waals surface area contributed by atoms with Crippen molar-refractivity contribution in [1.82, 2.24) is 15.5 Å². The number of carbonyl (C=O) groups excluding carboxylic acids is 2. The van der Waals surface area contributed by atoms with Crippen LogP contribution in [0.4, 0.5) is 4.79 Å². The topological polar surface area (TPSA) is 162 Å². The normalized spacial score (nSPS) is 19.6. The Balaban J connectivity index is 0.000000267. The Labute approximate surface area is 222 Å². The molecule has 2 atom stereocenters. The highest BCUT2D eigenvalue weighted by atomic mass is 31.2. The fourth-order valence-electron chi connectivity index (χ4n) is 3.50. The monoisotopic (exact) mass is 559 g/mol. The van der Waals surface area contributed by atoms with Crippen LogP contribution in [-0.4, -0.2) is 105 Å². The van der Waals surface area contributed by atoms with Gasteiger partial charge in [-0.15, -0.1) is 0 Å². The van der Waals surface area contributed by atoms with Crippen molar-refractivity contribution in [2.75, 3.05) is 65.3 Å². The summed E-state index contributed by atoms with van der Waals surface area (Å²) >= 11 is 0. The lowest BCUT2D eigenvalue weighted by Gasteiger charge is -2.30. The maximum Gasteiger partial charge on any atom is 0.410 e. The Morgan fingerprint density at radius 2 is 1.79 bits per heavy atom.